The fraction of sp³-hybridized carbons (Fsp3) is 0.100. The monoisotopic (exact) mass is 401 g/mol. The van der Waals surface area contributed by atoms with E-state index in [1.807, 2.05) is 0 Å². The third-order valence-electron chi connectivity index (χ3n) is 4.02. The number of nitrogens with two attached hydrogens (primary N) is 1. The minimum absolute atomic E-state index is 0.0928. The molecular formula is C20H14Cl2FN3O. The van der Waals surface area contributed by atoms with Crippen LogP contribution in [0.15, 0.2) is 48.7 Å². The predicted octanol–water partition coefficient (Wildman–Crippen LogP) is 5.79. The first-order valence-corrected chi connectivity index (χ1v) is 8.72. The van der Waals surface area contributed by atoms with Crippen molar-refractivity contribution in [2.45, 2.75) is 13.0 Å². The molecule has 27 heavy (non-hydrogen) atoms. The van der Waals surface area contributed by atoms with E-state index in [0.717, 1.165) is 11.1 Å². The standard InChI is InChI=1S/C20H14Cl2FN3O/c1-11(18-15(21)6-7-16(23)19(18)22)27-17-8-14(10-26-20(17)25)13-4-2-12(9-24)3-5-13/h2-8,10-11H,1H3,(H2,25,26). The number of ether oxygens (including phenoxy) is 1. The average Bonchev–Trinajstić information content (AvgIpc) is 2.67. The predicted molar refractivity (Wildman–Crippen MR) is 104 cm³/mol. The van der Waals surface area contributed by atoms with Gasteiger partial charge in [0.05, 0.1) is 16.7 Å². The highest BCUT2D eigenvalue weighted by atomic mass is 35.5. The van der Waals surface area contributed by atoms with Crippen molar-refractivity contribution in [1.29, 1.82) is 5.26 Å². The number of anilines is 1. The summed E-state index contributed by atoms with van der Waals surface area (Å²) in [5.74, 6) is -0.0763. The zero-order valence-electron chi connectivity index (χ0n) is 14.2. The number of benzene rings is 2. The summed E-state index contributed by atoms with van der Waals surface area (Å²) in [6, 6.07) is 13.4. The second-order valence-electron chi connectivity index (χ2n) is 5.81. The van der Waals surface area contributed by atoms with Gasteiger partial charge in [0.1, 0.15) is 11.9 Å². The number of halogens is 3. The van der Waals surface area contributed by atoms with E-state index in [4.69, 9.17) is 38.9 Å². The lowest BCUT2D eigenvalue weighted by Crippen LogP contribution is -2.08. The summed E-state index contributed by atoms with van der Waals surface area (Å²) in [7, 11) is 0. The van der Waals surface area contributed by atoms with Crippen molar-refractivity contribution in [2.24, 2.45) is 0 Å². The fourth-order valence-electron chi connectivity index (χ4n) is 2.61. The first-order chi connectivity index (χ1) is 12.9. The normalized spacial score (nSPS) is 11.7. The van der Waals surface area contributed by atoms with Crippen molar-refractivity contribution < 1.29 is 9.13 Å². The number of pyridine rings is 1. The first-order valence-electron chi connectivity index (χ1n) is 7.96. The van der Waals surface area contributed by atoms with Gasteiger partial charge >= 0.3 is 0 Å². The number of aromatic nitrogens is 1. The Kier molecular flexibility index (Phi) is 5.50. The van der Waals surface area contributed by atoms with Gasteiger partial charge in [-0.2, -0.15) is 5.26 Å². The summed E-state index contributed by atoms with van der Waals surface area (Å²) in [5.41, 5.74) is 8.42. The van der Waals surface area contributed by atoms with Gasteiger partial charge in [0.25, 0.3) is 0 Å². The molecular weight excluding hydrogens is 388 g/mol. The zero-order chi connectivity index (χ0) is 19.6. The van der Waals surface area contributed by atoms with Gasteiger partial charge in [-0.1, -0.05) is 35.3 Å². The molecule has 7 heteroatoms. The lowest BCUT2D eigenvalue weighted by molar-refractivity contribution is 0.227. The minimum atomic E-state index is -0.652. The van der Waals surface area contributed by atoms with E-state index in [-0.39, 0.29) is 10.8 Å². The summed E-state index contributed by atoms with van der Waals surface area (Å²) < 4.78 is 19.7. The van der Waals surface area contributed by atoms with E-state index in [2.05, 4.69) is 11.1 Å². The second-order valence-corrected chi connectivity index (χ2v) is 6.60. The van der Waals surface area contributed by atoms with Crippen LogP contribution in [0.1, 0.15) is 24.2 Å². The maximum Gasteiger partial charge on any atom is 0.166 e. The molecule has 0 aliphatic carbocycles. The average molecular weight is 402 g/mol. The van der Waals surface area contributed by atoms with Gasteiger partial charge in [-0.15, -0.1) is 0 Å². The molecule has 3 aromatic rings. The largest absolute Gasteiger partial charge is 0.482 e. The van der Waals surface area contributed by atoms with E-state index in [0.29, 0.717) is 21.9 Å². The van der Waals surface area contributed by atoms with Gasteiger partial charge in [-0.3, -0.25) is 0 Å². The fourth-order valence-corrected chi connectivity index (χ4v) is 3.29. The highest BCUT2D eigenvalue weighted by molar-refractivity contribution is 6.36. The van der Waals surface area contributed by atoms with E-state index < -0.39 is 11.9 Å². The van der Waals surface area contributed by atoms with Crippen LogP contribution in [0.3, 0.4) is 0 Å². The zero-order valence-corrected chi connectivity index (χ0v) is 15.7. The lowest BCUT2D eigenvalue weighted by Gasteiger charge is -2.19. The quantitative estimate of drug-likeness (QED) is 0.561. The van der Waals surface area contributed by atoms with Gasteiger partial charge < -0.3 is 10.5 Å². The van der Waals surface area contributed by atoms with E-state index in [1.54, 1.807) is 43.5 Å². The molecule has 2 N–H and O–H groups in total. The molecule has 4 nitrogen and oxygen atoms in total. The van der Waals surface area contributed by atoms with Crippen LogP contribution < -0.4 is 10.5 Å². The third-order valence-corrected chi connectivity index (χ3v) is 4.73. The molecule has 0 aliphatic rings. The Bertz CT molecular complexity index is 1030. The third kappa shape index (κ3) is 3.97. The van der Waals surface area contributed by atoms with Crippen molar-refractivity contribution in [1.82, 2.24) is 4.98 Å². The molecule has 0 spiro atoms. The lowest BCUT2D eigenvalue weighted by atomic mass is 10.1. The maximum atomic E-state index is 13.8. The number of nitrogens with zero attached hydrogens (tertiary/aromatic N) is 2. The van der Waals surface area contributed by atoms with Gasteiger partial charge in [0.15, 0.2) is 11.6 Å². The van der Waals surface area contributed by atoms with Crippen molar-refractivity contribution in [2.75, 3.05) is 5.73 Å². The SMILES string of the molecule is CC(Oc1cc(-c2ccc(C#N)cc2)cnc1N)c1c(Cl)ccc(F)c1Cl. The smallest absolute Gasteiger partial charge is 0.166 e. The molecule has 2 aromatic carbocycles. The van der Waals surface area contributed by atoms with Gasteiger partial charge in [-0.25, -0.2) is 9.37 Å². The molecule has 1 atom stereocenters. The molecule has 0 radical (unpaired) electrons. The van der Waals surface area contributed by atoms with Crippen LogP contribution in [0.25, 0.3) is 11.1 Å². The summed E-state index contributed by atoms with van der Waals surface area (Å²) in [4.78, 5) is 4.15. The van der Waals surface area contributed by atoms with Crippen molar-refractivity contribution in [3.63, 3.8) is 0 Å². The highest BCUT2D eigenvalue weighted by Gasteiger charge is 2.20. The van der Waals surface area contributed by atoms with Gasteiger partial charge in [0.2, 0.25) is 0 Å². The number of nitriles is 1. The Hall–Kier alpha value is -2.81. The number of hydrogen-bond donors (Lipinski definition) is 1. The highest BCUT2D eigenvalue weighted by Crippen LogP contribution is 2.36. The summed E-state index contributed by atoms with van der Waals surface area (Å²) in [5, 5.41) is 9.11. The molecule has 0 bridgehead atoms. The van der Waals surface area contributed by atoms with Crippen molar-refractivity contribution >= 4 is 29.0 Å². The second kappa shape index (κ2) is 7.83. The minimum Gasteiger partial charge on any atom is -0.482 e. The molecule has 1 unspecified atom stereocenters. The summed E-state index contributed by atoms with van der Waals surface area (Å²) in [6.07, 6.45) is 0.956. The molecule has 0 fully saturated rings. The topological polar surface area (TPSA) is 71.9 Å². The van der Waals surface area contributed by atoms with Gasteiger partial charge in [-0.05, 0) is 42.8 Å². The number of rotatable bonds is 4. The molecule has 0 amide bonds. The molecule has 1 aromatic heterocycles. The van der Waals surface area contributed by atoms with Crippen molar-refractivity contribution in [3.05, 3.63) is 75.7 Å². The van der Waals surface area contributed by atoms with Crippen LogP contribution in [0, 0.1) is 17.1 Å². The molecule has 0 aliphatic heterocycles. The Morgan fingerprint density at radius 2 is 1.85 bits per heavy atom. The number of nitrogen functional groups attached to an aromatic ring is 1. The maximum absolute atomic E-state index is 13.8. The summed E-state index contributed by atoms with van der Waals surface area (Å²) in [6.45, 7) is 1.69. The molecule has 0 saturated heterocycles. The van der Waals surface area contributed by atoms with Crippen LogP contribution in [0.5, 0.6) is 5.75 Å². The Morgan fingerprint density at radius 1 is 1.15 bits per heavy atom. The van der Waals surface area contributed by atoms with Crippen LogP contribution >= 0.6 is 23.2 Å². The Morgan fingerprint density at radius 3 is 2.52 bits per heavy atom. The van der Waals surface area contributed by atoms with E-state index in [9.17, 15) is 4.39 Å². The molecule has 0 saturated carbocycles. The van der Waals surface area contributed by atoms with E-state index in [1.165, 1.54) is 12.1 Å². The molecule has 136 valence electrons. The molecule has 1 heterocycles. The van der Waals surface area contributed by atoms with Crippen LogP contribution in [0.2, 0.25) is 10.0 Å². The molecule has 3 rings (SSSR count). The number of hydrogen-bond acceptors (Lipinski definition) is 4. The van der Waals surface area contributed by atoms with Crippen LogP contribution in [0.4, 0.5) is 10.2 Å². The van der Waals surface area contributed by atoms with Gasteiger partial charge in [0, 0.05) is 22.3 Å². The first kappa shape index (κ1) is 19.0. The Balaban J connectivity index is 1.93. The Labute approximate surface area is 165 Å². The van der Waals surface area contributed by atoms with Crippen LogP contribution in [-0.4, -0.2) is 4.98 Å². The van der Waals surface area contributed by atoms with Crippen molar-refractivity contribution in [3.8, 4) is 22.9 Å². The van der Waals surface area contributed by atoms with E-state index >= 15 is 0 Å². The summed E-state index contributed by atoms with van der Waals surface area (Å²) >= 11 is 12.2. The van der Waals surface area contributed by atoms with Crippen LogP contribution in [-0.2, 0) is 0 Å².